The van der Waals surface area contributed by atoms with Gasteiger partial charge in [-0.25, -0.2) is 0 Å². The minimum atomic E-state index is -0.0338. The maximum atomic E-state index is 5.77. The summed E-state index contributed by atoms with van der Waals surface area (Å²) in [7, 11) is 0. The minimum absolute atomic E-state index is 0.0338. The summed E-state index contributed by atoms with van der Waals surface area (Å²) in [6.07, 6.45) is 3.92. The maximum absolute atomic E-state index is 5.77. The van der Waals surface area contributed by atoms with E-state index in [1.54, 1.807) is 0 Å². The third-order valence-corrected chi connectivity index (χ3v) is 3.69. The van der Waals surface area contributed by atoms with Crippen molar-refractivity contribution in [3.05, 3.63) is 36.5 Å². The zero-order valence-corrected chi connectivity index (χ0v) is 11.5. The van der Waals surface area contributed by atoms with Gasteiger partial charge in [0.15, 0.2) is 0 Å². The molecule has 100 valence electrons. The number of rotatable bonds is 2. The largest absolute Gasteiger partial charge is 0.380 e. The lowest BCUT2D eigenvalue weighted by molar-refractivity contribution is -0.0553. The number of ether oxygens (including phenoxy) is 1. The first kappa shape index (κ1) is 12.4. The molecule has 1 fully saturated rings. The summed E-state index contributed by atoms with van der Waals surface area (Å²) in [4.78, 5) is 4.49. The second-order valence-electron chi connectivity index (χ2n) is 5.82. The van der Waals surface area contributed by atoms with Crippen LogP contribution in [-0.2, 0) is 4.74 Å². The van der Waals surface area contributed by atoms with Gasteiger partial charge in [-0.15, -0.1) is 0 Å². The van der Waals surface area contributed by atoms with Gasteiger partial charge in [-0.05, 0) is 38.8 Å². The van der Waals surface area contributed by atoms with Crippen LogP contribution in [0.4, 0.5) is 5.69 Å². The maximum Gasteiger partial charge on any atom is 0.0933 e. The smallest absolute Gasteiger partial charge is 0.0933 e. The highest BCUT2D eigenvalue weighted by atomic mass is 16.5. The number of hydrogen-bond donors (Lipinski definition) is 1. The Hall–Kier alpha value is -1.61. The van der Waals surface area contributed by atoms with E-state index in [0.717, 1.165) is 30.7 Å². The molecular formula is C16H20N2O. The number of nitrogens with zero attached hydrogens (tertiary/aromatic N) is 1. The molecule has 0 amide bonds. The summed E-state index contributed by atoms with van der Waals surface area (Å²) < 4.78 is 5.77. The lowest BCUT2D eigenvalue weighted by atomic mass is 9.93. The zero-order valence-electron chi connectivity index (χ0n) is 11.5. The lowest BCUT2D eigenvalue weighted by Crippen LogP contribution is -2.40. The standard InChI is InChI=1S/C16H20N2O/c1-16(2)11-13(8-10-19-16)18-14-7-3-5-12-6-4-9-17-15(12)14/h3-7,9,13,18H,8,10-11H2,1-2H3. The summed E-state index contributed by atoms with van der Waals surface area (Å²) in [6, 6.07) is 10.8. The highest BCUT2D eigenvalue weighted by Crippen LogP contribution is 2.28. The second-order valence-corrected chi connectivity index (χ2v) is 5.82. The van der Waals surface area contributed by atoms with Gasteiger partial charge in [-0.3, -0.25) is 4.98 Å². The van der Waals surface area contributed by atoms with Crippen molar-refractivity contribution in [1.82, 2.24) is 4.98 Å². The second kappa shape index (κ2) is 4.82. The van der Waals surface area contributed by atoms with Gasteiger partial charge in [-0.2, -0.15) is 0 Å². The SMILES string of the molecule is CC1(C)CC(Nc2cccc3cccnc23)CCO1. The monoisotopic (exact) mass is 256 g/mol. The Morgan fingerprint density at radius 3 is 2.95 bits per heavy atom. The third-order valence-electron chi connectivity index (χ3n) is 3.69. The Morgan fingerprint density at radius 2 is 2.11 bits per heavy atom. The number of benzene rings is 1. The molecule has 0 radical (unpaired) electrons. The van der Waals surface area contributed by atoms with Crippen molar-refractivity contribution in [2.45, 2.75) is 38.3 Å². The van der Waals surface area contributed by atoms with Crippen LogP contribution in [0.25, 0.3) is 10.9 Å². The van der Waals surface area contributed by atoms with Crippen molar-refractivity contribution in [3.8, 4) is 0 Å². The van der Waals surface area contributed by atoms with E-state index in [1.807, 2.05) is 12.3 Å². The number of aromatic nitrogens is 1. The van der Waals surface area contributed by atoms with E-state index in [9.17, 15) is 0 Å². The summed E-state index contributed by atoms with van der Waals surface area (Å²) >= 11 is 0. The van der Waals surface area contributed by atoms with Crippen molar-refractivity contribution in [2.24, 2.45) is 0 Å². The average molecular weight is 256 g/mol. The summed E-state index contributed by atoms with van der Waals surface area (Å²) in [5.41, 5.74) is 2.14. The molecule has 1 N–H and O–H groups in total. The molecule has 1 aliphatic heterocycles. The van der Waals surface area contributed by atoms with Crippen LogP contribution in [-0.4, -0.2) is 23.2 Å². The molecule has 0 bridgehead atoms. The fourth-order valence-corrected chi connectivity index (χ4v) is 2.80. The van der Waals surface area contributed by atoms with Crippen molar-refractivity contribution < 1.29 is 4.74 Å². The van der Waals surface area contributed by atoms with Crippen molar-refractivity contribution >= 4 is 16.6 Å². The normalized spacial score (nSPS) is 22.3. The summed E-state index contributed by atoms with van der Waals surface area (Å²) in [5.74, 6) is 0. The number of fused-ring (bicyclic) bond motifs is 1. The molecule has 2 aromatic rings. The minimum Gasteiger partial charge on any atom is -0.380 e. The number of pyridine rings is 1. The van der Waals surface area contributed by atoms with E-state index in [4.69, 9.17) is 4.74 Å². The zero-order chi connectivity index (χ0) is 13.3. The molecule has 1 aromatic heterocycles. The first-order valence-electron chi connectivity index (χ1n) is 6.88. The Morgan fingerprint density at radius 1 is 1.26 bits per heavy atom. The molecule has 1 aromatic carbocycles. The van der Waals surface area contributed by atoms with Crippen LogP contribution in [0.1, 0.15) is 26.7 Å². The van der Waals surface area contributed by atoms with E-state index >= 15 is 0 Å². The number of hydrogen-bond acceptors (Lipinski definition) is 3. The molecular weight excluding hydrogens is 236 g/mol. The van der Waals surface area contributed by atoms with E-state index in [0.29, 0.717) is 6.04 Å². The molecule has 1 saturated heterocycles. The molecule has 0 saturated carbocycles. The highest BCUT2D eigenvalue weighted by Gasteiger charge is 2.28. The van der Waals surface area contributed by atoms with Gasteiger partial charge in [0, 0.05) is 24.2 Å². The van der Waals surface area contributed by atoms with E-state index in [-0.39, 0.29) is 5.60 Å². The van der Waals surface area contributed by atoms with Gasteiger partial charge in [-0.1, -0.05) is 18.2 Å². The van der Waals surface area contributed by atoms with Crippen LogP contribution in [0, 0.1) is 0 Å². The number of para-hydroxylation sites is 1. The van der Waals surface area contributed by atoms with Gasteiger partial charge in [0.2, 0.25) is 0 Å². The fraction of sp³-hybridized carbons (Fsp3) is 0.438. The molecule has 1 aliphatic rings. The first-order chi connectivity index (χ1) is 9.14. The predicted molar refractivity (Wildman–Crippen MR) is 78.4 cm³/mol. The molecule has 3 heteroatoms. The van der Waals surface area contributed by atoms with Gasteiger partial charge >= 0.3 is 0 Å². The lowest BCUT2D eigenvalue weighted by Gasteiger charge is -2.36. The van der Waals surface area contributed by atoms with Crippen LogP contribution in [0.2, 0.25) is 0 Å². The number of nitrogens with one attached hydrogen (secondary N) is 1. The summed E-state index contributed by atoms with van der Waals surface area (Å²) in [6.45, 7) is 5.13. The molecule has 1 atom stereocenters. The van der Waals surface area contributed by atoms with Crippen LogP contribution < -0.4 is 5.32 Å². The van der Waals surface area contributed by atoms with E-state index in [2.05, 4.69) is 48.4 Å². The Kier molecular flexibility index (Phi) is 3.15. The van der Waals surface area contributed by atoms with Crippen molar-refractivity contribution in [3.63, 3.8) is 0 Å². The van der Waals surface area contributed by atoms with Crippen LogP contribution in [0.5, 0.6) is 0 Å². The van der Waals surface area contributed by atoms with E-state index < -0.39 is 0 Å². The topological polar surface area (TPSA) is 34.2 Å². The van der Waals surface area contributed by atoms with Crippen LogP contribution in [0.3, 0.4) is 0 Å². The Bertz CT molecular complexity index is 574. The summed E-state index contributed by atoms with van der Waals surface area (Å²) in [5, 5.41) is 4.82. The Labute approximate surface area is 114 Å². The van der Waals surface area contributed by atoms with Crippen molar-refractivity contribution in [2.75, 3.05) is 11.9 Å². The molecule has 3 nitrogen and oxygen atoms in total. The number of anilines is 1. The third kappa shape index (κ3) is 2.71. The quantitative estimate of drug-likeness (QED) is 0.891. The predicted octanol–water partition coefficient (Wildman–Crippen LogP) is 3.60. The van der Waals surface area contributed by atoms with Gasteiger partial charge in [0.1, 0.15) is 0 Å². The van der Waals surface area contributed by atoms with Crippen LogP contribution >= 0.6 is 0 Å². The molecule has 0 aliphatic carbocycles. The van der Waals surface area contributed by atoms with Crippen molar-refractivity contribution in [1.29, 1.82) is 0 Å². The first-order valence-corrected chi connectivity index (χ1v) is 6.88. The highest BCUT2D eigenvalue weighted by molar-refractivity contribution is 5.90. The average Bonchev–Trinajstić information content (AvgIpc) is 2.38. The molecule has 1 unspecified atom stereocenters. The Balaban J connectivity index is 1.85. The van der Waals surface area contributed by atoms with E-state index in [1.165, 1.54) is 5.39 Å². The van der Waals surface area contributed by atoms with Gasteiger partial charge in [0.25, 0.3) is 0 Å². The van der Waals surface area contributed by atoms with Gasteiger partial charge < -0.3 is 10.1 Å². The molecule has 2 heterocycles. The van der Waals surface area contributed by atoms with Gasteiger partial charge in [0.05, 0.1) is 16.8 Å². The fourth-order valence-electron chi connectivity index (χ4n) is 2.80. The van der Waals surface area contributed by atoms with Crippen LogP contribution in [0.15, 0.2) is 36.5 Å². The molecule has 19 heavy (non-hydrogen) atoms. The molecule has 3 rings (SSSR count). The molecule has 0 spiro atoms.